The lowest BCUT2D eigenvalue weighted by molar-refractivity contribution is -0.384. The summed E-state index contributed by atoms with van der Waals surface area (Å²) in [5.41, 5.74) is 0.382. The van der Waals surface area contributed by atoms with E-state index in [0.29, 0.717) is 5.69 Å². The standard InChI is InChI=1S/C11H12N2O4/c14-11(15)9-7-8(13(16)17)3-4-10(9)12-5-1-2-6-12/h3-4,7H,1-2,5-6H2,(H,14,15). The first kappa shape index (κ1) is 11.4. The van der Waals surface area contributed by atoms with Gasteiger partial charge in [0, 0.05) is 25.2 Å². The second-order valence-corrected chi connectivity index (χ2v) is 3.96. The highest BCUT2D eigenvalue weighted by Gasteiger charge is 2.21. The van der Waals surface area contributed by atoms with E-state index in [4.69, 9.17) is 5.11 Å². The molecule has 6 heteroatoms. The molecule has 0 saturated carbocycles. The zero-order chi connectivity index (χ0) is 12.4. The van der Waals surface area contributed by atoms with Gasteiger partial charge in [-0.25, -0.2) is 4.79 Å². The summed E-state index contributed by atoms with van der Waals surface area (Å²) in [5, 5.41) is 19.7. The average Bonchev–Trinajstić information content (AvgIpc) is 2.81. The normalized spacial score (nSPS) is 14.9. The van der Waals surface area contributed by atoms with Gasteiger partial charge in [-0.2, -0.15) is 0 Å². The fourth-order valence-electron chi connectivity index (χ4n) is 2.04. The summed E-state index contributed by atoms with van der Waals surface area (Å²) in [4.78, 5) is 23.1. The van der Waals surface area contributed by atoms with Gasteiger partial charge < -0.3 is 10.0 Å². The Bertz CT molecular complexity index is 467. The van der Waals surface area contributed by atoms with Crippen molar-refractivity contribution < 1.29 is 14.8 Å². The summed E-state index contributed by atoms with van der Waals surface area (Å²) in [6, 6.07) is 3.99. The molecule has 1 aliphatic rings. The van der Waals surface area contributed by atoms with Crippen molar-refractivity contribution in [2.24, 2.45) is 0 Å². The van der Waals surface area contributed by atoms with Crippen LogP contribution < -0.4 is 4.90 Å². The Morgan fingerprint density at radius 3 is 2.53 bits per heavy atom. The second-order valence-electron chi connectivity index (χ2n) is 3.96. The molecule has 1 fully saturated rings. The van der Waals surface area contributed by atoms with E-state index in [0.717, 1.165) is 32.0 Å². The van der Waals surface area contributed by atoms with Crippen LogP contribution in [0.5, 0.6) is 0 Å². The van der Waals surface area contributed by atoms with Gasteiger partial charge in [0.1, 0.15) is 0 Å². The first-order valence-electron chi connectivity index (χ1n) is 5.36. The van der Waals surface area contributed by atoms with Crippen molar-refractivity contribution in [3.8, 4) is 0 Å². The third-order valence-electron chi connectivity index (χ3n) is 2.87. The number of nitrogens with zero attached hydrogens (tertiary/aromatic N) is 2. The first-order chi connectivity index (χ1) is 8.09. The van der Waals surface area contributed by atoms with Crippen LogP contribution in [-0.4, -0.2) is 29.1 Å². The highest BCUT2D eigenvalue weighted by atomic mass is 16.6. The van der Waals surface area contributed by atoms with Crippen LogP contribution in [0.2, 0.25) is 0 Å². The molecule has 17 heavy (non-hydrogen) atoms. The monoisotopic (exact) mass is 236 g/mol. The first-order valence-corrected chi connectivity index (χ1v) is 5.36. The Kier molecular flexibility index (Phi) is 2.95. The Morgan fingerprint density at radius 2 is 2.00 bits per heavy atom. The topological polar surface area (TPSA) is 83.7 Å². The maximum absolute atomic E-state index is 11.1. The summed E-state index contributed by atoms with van der Waals surface area (Å²) in [7, 11) is 0. The Hall–Kier alpha value is -2.11. The molecule has 0 radical (unpaired) electrons. The van der Waals surface area contributed by atoms with Gasteiger partial charge >= 0.3 is 5.97 Å². The van der Waals surface area contributed by atoms with Gasteiger partial charge in [-0.3, -0.25) is 10.1 Å². The van der Waals surface area contributed by atoms with Crippen molar-refractivity contribution in [2.45, 2.75) is 12.8 Å². The quantitative estimate of drug-likeness (QED) is 0.640. The maximum Gasteiger partial charge on any atom is 0.338 e. The van der Waals surface area contributed by atoms with Crippen molar-refractivity contribution in [2.75, 3.05) is 18.0 Å². The van der Waals surface area contributed by atoms with E-state index in [-0.39, 0.29) is 11.3 Å². The van der Waals surface area contributed by atoms with E-state index in [1.54, 1.807) is 0 Å². The molecule has 0 atom stereocenters. The summed E-state index contributed by atoms with van der Waals surface area (Å²) in [6.07, 6.45) is 2.05. The van der Waals surface area contributed by atoms with E-state index < -0.39 is 10.9 Å². The third-order valence-corrected chi connectivity index (χ3v) is 2.87. The number of hydrogen-bond donors (Lipinski definition) is 1. The predicted molar refractivity (Wildman–Crippen MR) is 61.5 cm³/mol. The number of nitro groups is 1. The number of benzene rings is 1. The highest BCUT2D eigenvalue weighted by Crippen LogP contribution is 2.28. The fourth-order valence-corrected chi connectivity index (χ4v) is 2.04. The molecule has 6 nitrogen and oxygen atoms in total. The minimum absolute atomic E-state index is 0.00102. The average molecular weight is 236 g/mol. The number of hydrogen-bond acceptors (Lipinski definition) is 4. The van der Waals surface area contributed by atoms with Gasteiger partial charge in [0.25, 0.3) is 5.69 Å². The minimum atomic E-state index is -1.13. The van der Waals surface area contributed by atoms with Crippen LogP contribution in [0.1, 0.15) is 23.2 Å². The van der Waals surface area contributed by atoms with E-state index in [1.165, 1.54) is 12.1 Å². The zero-order valence-corrected chi connectivity index (χ0v) is 9.13. The van der Waals surface area contributed by atoms with Gasteiger partial charge in [-0.15, -0.1) is 0 Å². The zero-order valence-electron chi connectivity index (χ0n) is 9.13. The molecule has 2 rings (SSSR count). The van der Waals surface area contributed by atoms with Gasteiger partial charge in [0.05, 0.1) is 16.2 Å². The predicted octanol–water partition coefficient (Wildman–Crippen LogP) is 1.89. The number of carboxylic acids is 1. The molecule has 0 aromatic heterocycles. The van der Waals surface area contributed by atoms with Crippen molar-refractivity contribution in [3.05, 3.63) is 33.9 Å². The summed E-state index contributed by atoms with van der Waals surface area (Å²) < 4.78 is 0. The minimum Gasteiger partial charge on any atom is -0.478 e. The molecule has 1 aromatic rings. The lowest BCUT2D eigenvalue weighted by Gasteiger charge is -2.19. The van der Waals surface area contributed by atoms with Crippen LogP contribution in [0.25, 0.3) is 0 Å². The Balaban J connectivity index is 2.44. The number of aromatic carboxylic acids is 1. The van der Waals surface area contributed by atoms with Gasteiger partial charge in [0.2, 0.25) is 0 Å². The van der Waals surface area contributed by atoms with Crippen LogP contribution in [0.15, 0.2) is 18.2 Å². The van der Waals surface area contributed by atoms with Crippen LogP contribution in [0, 0.1) is 10.1 Å². The summed E-state index contributed by atoms with van der Waals surface area (Å²) in [6.45, 7) is 1.61. The number of rotatable bonds is 3. The summed E-state index contributed by atoms with van der Waals surface area (Å²) >= 11 is 0. The highest BCUT2D eigenvalue weighted by molar-refractivity contribution is 5.95. The van der Waals surface area contributed by atoms with Crippen LogP contribution in [0.4, 0.5) is 11.4 Å². The number of non-ortho nitro benzene ring substituents is 1. The number of carbonyl (C=O) groups is 1. The molecule has 1 aromatic carbocycles. The molecule has 1 saturated heterocycles. The lowest BCUT2D eigenvalue weighted by atomic mass is 10.1. The largest absolute Gasteiger partial charge is 0.478 e. The molecule has 0 amide bonds. The van der Waals surface area contributed by atoms with E-state index in [9.17, 15) is 14.9 Å². The van der Waals surface area contributed by atoms with E-state index >= 15 is 0 Å². The van der Waals surface area contributed by atoms with Crippen molar-refractivity contribution in [1.29, 1.82) is 0 Å². The van der Waals surface area contributed by atoms with Crippen molar-refractivity contribution >= 4 is 17.3 Å². The molecule has 1 heterocycles. The van der Waals surface area contributed by atoms with Crippen molar-refractivity contribution in [3.63, 3.8) is 0 Å². The number of nitro benzene ring substituents is 1. The Labute approximate surface area is 97.6 Å². The molecule has 0 spiro atoms. The SMILES string of the molecule is O=C(O)c1cc([N+](=O)[O-])ccc1N1CCCC1. The smallest absolute Gasteiger partial charge is 0.338 e. The van der Waals surface area contributed by atoms with Gasteiger partial charge in [-0.05, 0) is 18.9 Å². The van der Waals surface area contributed by atoms with Crippen LogP contribution in [-0.2, 0) is 0 Å². The van der Waals surface area contributed by atoms with Crippen LogP contribution >= 0.6 is 0 Å². The second kappa shape index (κ2) is 4.40. The summed E-state index contributed by atoms with van der Waals surface area (Å²) in [5.74, 6) is -1.13. The third kappa shape index (κ3) is 2.20. The molecular weight excluding hydrogens is 224 g/mol. The van der Waals surface area contributed by atoms with E-state index in [2.05, 4.69) is 0 Å². The molecule has 90 valence electrons. The lowest BCUT2D eigenvalue weighted by Crippen LogP contribution is -2.20. The maximum atomic E-state index is 11.1. The number of anilines is 1. The molecule has 0 aliphatic carbocycles. The fraction of sp³-hybridized carbons (Fsp3) is 0.364. The van der Waals surface area contributed by atoms with E-state index in [1.807, 2.05) is 4.90 Å². The van der Waals surface area contributed by atoms with Crippen LogP contribution in [0.3, 0.4) is 0 Å². The van der Waals surface area contributed by atoms with Gasteiger partial charge in [0.15, 0.2) is 0 Å². The van der Waals surface area contributed by atoms with Crippen molar-refractivity contribution in [1.82, 2.24) is 0 Å². The number of carboxylic acid groups (broad SMARTS) is 1. The molecule has 1 N–H and O–H groups in total. The molecular formula is C11H12N2O4. The molecule has 0 bridgehead atoms. The van der Waals surface area contributed by atoms with Gasteiger partial charge in [-0.1, -0.05) is 0 Å². The Morgan fingerprint density at radius 1 is 1.35 bits per heavy atom. The molecule has 1 aliphatic heterocycles. The molecule has 0 unspecified atom stereocenters.